The van der Waals surface area contributed by atoms with E-state index in [9.17, 15) is 9.59 Å². The number of nitrogens with one attached hydrogen (secondary N) is 1. The molecule has 0 unspecified atom stereocenters. The van der Waals surface area contributed by atoms with E-state index in [2.05, 4.69) is 5.32 Å². The SMILES string of the molecule is O=C(CSc1cccs1)NC1CCC(C(=O)O)CC1. The Morgan fingerprint density at radius 1 is 1.37 bits per heavy atom. The number of thiophene rings is 1. The lowest BCUT2D eigenvalue weighted by molar-refractivity contribution is -0.142. The van der Waals surface area contributed by atoms with Gasteiger partial charge in [0.1, 0.15) is 0 Å². The molecule has 1 saturated carbocycles. The smallest absolute Gasteiger partial charge is 0.306 e. The van der Waals surface area contributed by atoms with Gasteiger partial charge in [-0.1, -0.05) is 6.07 Å². The maximum Gasteiger partial charge on any atom is 0.306 e. The number of amides is 1. The maximum atomic E-state index is 11.8. The quantitative estimate of drug-likeness (QED) is 0.820. The lowest BCUT2D eigenvalue weighted by Crippen LogP contribution is -2.39. The van der Waals surface area contributed by atoms with Crippen LogP contribution in [0.1, 0.15) is 25.7 Å². The van der Waals surface area contributed by atoms with Gasteiger partial charge in [-0.3, -0.25) is 9.59 Å². The molecule has 1 aromatic rings. The van der Waals surface area contributed by atoms with Crippen molar-refractivity contribution in [1.29, 1.82) is 0 Å². The molecule has 1 aromatic heterocycles. The summed E-state index contributed by atoms with van der Waals surface area (Å²) < 4.78 is 1.14. The third-order valence-electron chi connectivity index (χ3n) is 3.28. The summed E-state index contributed by atoms with van der Waals surface area (Å²) >= 11 is 3.17. The van der Waals surface area contributed by atoms with Gasteiger partial charge in [-0.05, 0) is 37.1 Å². The first-order chi connectivity index (χ1) is 9.15. The second-order valence-electron chi connectivity index (χ2n) is 4.68. The minimum atomic E-state index is -0.710. The van der Waals surface area contributed by atoms with Crippen LogP contribution in [0.5, 0.6) is 0 Å². The molecular formula is C13H17NO3S2. The van der Waals surface area contributed by atoms with E-state index in [4.69, 9.17) is 5.11 Å². The first-order valence-electron chi connectivity index (χ1n) is 6.33. The summed E-state index contributed by atoms with van der Waals surface area (Å²) in [7, 11) is 0. The van der Waals surface area contributed by atoms with Crippen LogP contribution in [0.2, 0.25) is 0 Å². The molecule has 0 bridgehead atoms. The zero-order chi connectivity index (χ0) is 13.7. The number of carboxylic acids is 1. The van der Waals surface area contributed by atoms with Gasteiger partial charge < -0.3 is 10.4 Å². The zero-order valence-electron chi connectivity index (χ0n) is 10.5. The first kappa shape index (κ1) is 14.4. The van der Waals surface area contributed by atoms with Gasteiger partial charge in [0.2, 0.25) is 5.91 Å². The van der Waals surface area contributed by atoms with E-state index >= 15 is 0 Å². The van der Waals surface area contributed by atoms with Gasteiger partial charge in [0.05, 0.1) is 15.9 Å². The van der Waals surface area contributed by atoms with E-state index in [1.54, 1.807) is 23.1 Å². The second-order valence-corrected chi connectivity index (χ2v) is 6.90. The van der Waals surface area contributed by atoms with Crippen LogP contribution in [-0.2, 0) is 9.59 Å². The molecule has 0 radical (unpaired) electrons. The monoisotopic (exact) mass is 299 g/mol. The highest BCUT2D eigenvalue weighted by Gasteiger charge is 2.26. The standard InChI is InChI=1S/C13H17NO3S2/c15-11(8-19-12-2-1-7-18-12)14-10-5-3-9(4-6-10)13(16)17/h1-2,7,9-10H,3-6,8H2,(H,14,15)(H,16,17). The van der Waals surface area contributed by atoms with Crippen molar-refractivity contribution in [1.82, 2.24) is 5.32 Å². The average molecular weight is 299 g/mol. The van der Waals surface area contributed by atoms with Crippen molar-refractivity contribution in [2.24, 2.45) is 5.92 Å². The van der Waals surface area contributed by atoms with Crippen LogP contribution in [0.15, 0.2) is 21.7 Å². The predicted molar refractivity (Wildman–Crippen MR) is 76.6 cm³/mol. The van der Waals surface area contributed by atoms with Crippen molar-refractivity contribution in [3.63, 3.8) is 0 Å². The van der Waals surface area contributed by atoms with Crippen LogP contribution in [0, 0.1) is 5.92 Å². The summed E-state index contributed by atoms with van der Waals surface area (Å²) in [5.41, 5.74) is 0. The van der Waals surface area contributed by atoms with Gasteiger partial charge in [0, 0.05) is 6.04 Å². The van der Waals surface area contributed by atoms with Crippen LogP contribution >= 0.6 is 23.1 Å². The van der Waals surface area contributed by atoms with E-state index in [0.29, 0.717) is 18.6 Å². The van der Waals surface area contributed by atoms with Crippen LogP contribution in [-0.4, -0.2) is 28.8 Å². The van der Waals surface area contributed by atoms with Gasteiger partial charge in [-0.25, -0.2) is 0 Å². The number of thioether (sulfide) groups is 1. The molecule has 0 atom stereocenters. The molecule has 6 heteroatoms. The predicted octanol–water partition coefficient (Wildman–Crippen LogP) is 2.60. The van der Waals surface area contributed by atoms with Crippen molar-refractivity contribution < 1.29 is 14.7 Å². The molecule has 1 heterocycles. The molecular weight excluding hydrogens is 282 g/mol. The zero-order valence-corrected chi connectivity index (χ0v) is 12.1. The fraction of sp³-hybridized carbons (Fsp3) is 0.538. The van der Waals surface area contributed by atoms with Gasteiger partial charge in [-0.2, -0.15) is 0 Å². The van der Waals surface area contributed by atoms with Crippen LogP contribution in [0.3, 0.4) is 0 Å². The molecule has 4 nitrogen and oxygen atoms in total. The molecule has 1 amide bonds. The fourth-order valence-electron chi connectivity index (χ4n) is 2.24. The Morgan fingerprint density at radius 3 is 2.68 bits per heavy atom. The van der Waals surface area contributed by atoms with Gasteiger partial charge in [-0.15, -0.1) is 23.1 Å². The number of hydrogen-bond acceptors (Lipinski definition) is 4. The molecule has 104 valence electrons. The van der Waals surface area contributed by atoms with Gasteiger partial charge in [0.15, 0.2) is 0 Å². The number of rotatable bonds is 5. The summed E-state index contributed by atoms with van der Waals surface area (Å²) in [5.74, 6) is -0.469. The van der Waals surface area contributed by atoms with E-state index in [0.717, 1.165) is 17.1 Å². The Labute approximate surface area is 120 Å². The van der Waals surface area contributed by atoms with Crippen molar-refractivity contribution in [3.8, 4) is 0 Å². The Hall–Kier alpha value is -1.01. The highest BCUT2D eigenvalue weighted by Crippen LogP contribution is 2.25. The number of carbonyl (C=O) groups is 2. The summed E-state index contributed by atoms with van der Waals surface area (Å²) in [5, 5.41) is 13.9. The Kier molecular flexibility index (Phi) is 5.27. The molecule has 2 rings (SSSR count). The van der Waals surface area contributed by atoms with Crippen molar-refractivity contribution in [2.75, 3.05) is 5.75 Å². The number of carboxylic acid groups (broad SMARTS) is 1. The largest absolute Gasteiger partial charge is 0.481 e. The van der Waals surface area contributed by atoms with Crippen LogP contribution < -0.4 is 5.32 Å². The molecule has 19 heavy (non-hydrogen) atoms. The summed E-state index contributed by atoms with van der Waals surface area (Å²) in [4.78, 5) is 22.6. The summed E-state index contributed by atoms with van der Waals surface area (Å²) in [6, 6.07) is 4.12. The second kappa shape index (κ2) is 6.96. The number of carbonyl (C=O) groups excluding carboxylic acids is 1. The Balaban J connectivity index is 1.67. The van der Waals surface area contributed by atoms with Crippen molar-refractivity contribution >= 4 is 35.0 Å². The molecule has 0 saturated heterocycles. The molecule has 1 aliphatic rings. The maximum absolute atomic E-state index is 11.8. The third kappa shape index (κ3) is 4.54. The van der Waals surface area contributed by atoms with Gasteiger partial charge in [0.25, 0.3) is 0 Å². The van der Waals surface area contributed by atoms with E-state index < -0.39 is 5.97 Å². The number of aliphatic carboxylic acids is 1. The fourth-order valence-corrected chi connectivity index (χ4v) is 3.83. The number of hydrogen-bond donors (Lipinski definition) is 2. The molecule has 1 aliphatic carbocycles. The van der Waals surface area contributed by atoms with E-state index in [1.807, 2.05) is 17.5 Å². The van der Waals surface area contributed by atoms with E-state index in [1.165, 1.54) is 0 Å². The van der Waals surface area contributed by atoms with Crippen molar-refractivity contribution in [2.45, 2.75) is 35.9 Å². The van der Waals surface area contributed by atoms with Crippen LogP contribution in [0.25, 0.3) is 0 Å². The Morgan fingerprint density at radius 2 is 2.11 bits per heavy atom. The van der Waals surface area contributed by atoms with E-state index in [-0.39, 0.29) is 17.9 Å². The van der Waals surface area contributed by atoms with Gasteiger partial charge >= 0.3 is 5.97 Å². The van der Waals surface area contributed by atoms with Crippen molar-refractivity contribution in [3.05, 3.63) is 17.5 Å². The highest BCUT2D eigenvalue weighted by atomic mass is 32.2. The highest BCUT2D eigenvalue weighted by molar-refractivity contribution is 8.01. The lowest BCUT2D eigenvalue weighted by atomic mass is 9.86. The molecule has 0 spiro atoms. The topological polar surface area (TPSA) is 66.4 Å². The minimum absolute atomic E-state index is 0.0391. The summed E-state index contributed by atoms with van der Waals surface area (Å²) in [6.07, 6.45) is 2.87. The lowest BCUT2D eigenvalue weighted by Gasteiger charge is -2.26. The third-order valence-corrected chi connectivity index (χ3v) is 5.41. The molecule has 2 N–H and O–H groups in total. The van der Waals surface area contributed by atoms with Crippen LogP contribution in [0.4, 0.5) is 0 Å². The minimum Gasteiger partial charge on any atom is -0.481 e. The normalized spacial score (nSPS) is 22.9. The molecule has 1 fully saturated rings. The first-order valence-corrected chi connectivity index (χ1v) is 8.20. The summed E-state index contributed by atoms with van der Waals surface area (Å²) in [6.45, 7) is 0. The molecule has 0 aromatic carbocycles. The average Bonchev–Trinajstić information content (AvgIpc) is 2.90. The molecule has 0 aliphatic heterocycles. The Bertz CT molecular complexity index is 425.